The molecule has 2 aromatic rings. The molecule has 3 heteroatoms. The number of hydrogen-bond donors (Lipinski definition) is 1. The van der Waals surface area contributed by atoms with Crippen molar-refractivity contribution in [1.82, 2.24) is 4.90 Å². The van der Waals surface area contributed by atoms with Gasteiger partial charge in [-0.25, -0.2) is 0 Å². The van der Waals surface area contributed by atoms with Gasteiger partial charge in [-0.2, -0.15) is 0 Å². The zero-order chi connectivity index (χ0) is 14.4. The quantitative estimate of drug-likeness (QED) is 0.862. The van der Waals surface area contributed by atoms with Crippen molar-refractivity contribution in [3.05, 3.63) is 64.7 Å². The Kier molecular flexibility index (Phi) is 5.45. The average molecular weight is 289 g/mol. The van der Waals surface area contributed by atoms with E-state index in [2.05, 4.69) is 60.7 Å². The van der Waals surface area contributed by atoms with E-state index < -0.39 is 0 Å². The van der Waals surface area contributed by atoms with Crippen molar-refractivity contribution >= 4 is 17.3 Å². The number of benzene rings is 2. The van der Waals surface area contributed by atoms with Crippen LogP contribution in [0, 0.1) is 0 Å². The lowest BCUT2D eigenvalue weighted by Crippen LogP contribution is -2.10. The molecule has 2 rings (SSSR count). The first-order valence-corrected chi connectivity index (χ1v) is 7.23. The van der Waals surface area contributed by atoms with Gasteiger partial charge < -0.3 is 10.2 Å². The van der Waals surface area contributed by atoms with E-state index in [1.54, 1.807) is 0 Å². The molecular formula is C17H21ClN2. The van der Waals surface area contributed by atoms with Gasteiger partial charge >= 0.3 is 0 Å². The van der Waals surface area contributed by atoms with E-state index in [4.69, 9.17) is 11.6 Å². The SMILES string of the molecule is CN(C)Cc1ccc(NCCc2ccc(Cl)cc2)cc1. The van der Waals surface area contributed by atoms with Crippen LogP contribution in [-0.2, 0) is 13.0 Å². The molecule has 0 aromatic heterocycles. The molecule has 0 atom stereocenters. The van der Waals surface area contributed by atoms with Gasteiger partial charge in [-0.3, -0.25) is 0 Å². The summed E-state index contributed by atoms with van der Waals surface area (Å²) in [7, 11) is 4.16. The van der Waals surface area contributed by atoms with Crippen molar-refractivity contribution in [2.45, 2.75) is 13.0 Å². The van der Waals surface area contributed by atoms with Gasteiger partial charge in [0.1, 0.15) is 0 Å². The lowest BCUT2D eigenvalue weighted by molar-refractivity contribution is 0.402. The number of nitrogens with one attached hydrogen (secondary N) is 1. The summed E-state index contributed by atoms with van der Waals surface area (Å²) in [5, 5.41) is 4.23. The van der Waals surface area contributed by atoms with Crippen LogP contribution in [0.25, 0.3) is 0 Å². The third kappa shape index (κ3) is 4.87. The molecule has 2 aromatic carbocycles. The molecule has 0 fully saturated rings. The van der Waals surface area contributed by atoms with Crippen molar-refractivity contribution in [1.29, 1.82) is 0 Å². The lowest BCUT2D eigenvalue weighted by atomic mass is 10.1. The van der Waals surface area contributed by atoms with E-state index in [1.165, 1.54) is 16.8 Å². The summed E-state index contributed by atoms with van der Waals surface area (Å²) < 4.78 is 0. The molecule has 0 spiro atoms. The Morgan fingerprint density at radius 3 is 2.10 bits per heavy atom. The third-order valence-electron chi connectivity index (χ3n) is 3.11. The maximum Gasteiger partial charge on any atom is 0.0406 e. The number of halogens is 1. The number of nitrogens with zero attached hydrogens (tertiary/aromatic N) is 1. The van der Waals surface area contributed by atoms with Crippen LogP contribution in [0.1, 0.15) is 11.1 Å². The van der Waals surface area contributed by atoms with Crippen LogP contribution >= 0.6 is 11.6 Å². The van der Waals surface area contributed by atoms with Crippen molar-refractivity contribution in [2.24, 2.45) is 0 Å². The van der Waals surface area contributed by atoms with E-state index in [9.17, 15) is 0 Å². The normalized spacial score (nSPS) is 10.8. The second kappa shape index (κ2) is 7.32. The Balaban J connectivity index is 1.80. The van der Waals surface area contributed by atoms with Gasteiger partial charge in [-0.15, -0.1) is 0 Å². The molecule has 0 saturated carbocycles. The zero-order valence-electron chi connectivity index (χ0n) is 12.1. The summed E-state index contributed by atoms with van der Waals surface area (Å²) in [5.74, 6) is 0. The molecule has 0 amide bonds. The molecule has 1 N–H and O–H groups in total. The van der Waals surface area contributed by atoms with Crippen LogP contribution in [-0.4, -0.2) is 25.5 Å². The van der Waals surface area contributed by atoms with Gasteiger partial charge in [0.05, 0.1) is 0 Å². The first kappa shape index (κ1) is 14.9. The second-order valence-corrected chi connectivity index (χ2v) is 5.67. The summed E-state index contributed by atoms with van der Waals surface area (Å²) >= 11 is 5.87. The highest BCUT2D eigenvalue weighted by atomic mass is 35.5. The predicted octanol–water partition coefficient (Wildman–Crippen LogP) is 4.06. The van der Waals surface area contributed by atoms with E-state index in [0.29, 0.717) is 0 Å². The minimum Gasteiger partial charge on any atom is -0.385 e. The molecular weight excluding hydrogens is 268 g/mol. The highest BCUT2D eigenvalue weighted by Crippen LogP contribution is 2.12. The summed E-state index contributed by atoms with van der Waals surface area (Å²) in [6.45, 7) is 1.90. The fraction of sp³-hybridized carbons (Fsp3) is 0.294. The summed E-state index contributed by atoms with van der Waals surface area (Å²) in [5.41, 5.74) is 3.80. The first-order chi connectivity index (χ1) is 9.63. The minimum absolute atomic E-state index is 0.790. The standard InChI is InChI=1S/C17H21ClN2/c1-20(2)13-15-5-9-17(10-6-15)19-12-11-14-3-7-16(18)8-4-14/h3-10,19H,11-13H2,1-2H3. The Morgan fingerprint density at radius 2 is 1.50 bits per heavy atom. The molecule has 2 nitrogen and oxygen atoms in total. The largest absolute Gasteiger partial charge is 0.385 e. The molecule has 0 aliphatic carbocycles. The number of rotatable bonds is 6. The molecule has 0 radical (unpaired) electrons. The smallest absolute Gasteiger partial charge is 0.0406 e. The van der Waals surface area contributed by atoms with Crippen molar-refractivity contribution < 1.29 is 0 Å². The fourth-order valence-corrected chi connectivity index (χ4v) is 2.22. The van der Waals surface area contributed by atoms with Crippen LogP contribution in [0.4, 0.5) is 5.69 Å². The van der Waals surface area contributed by atoms with Crippen molar-refractivity contribution in [3.63, 3.8) is 0 Å². The fourth-order valence-electron chi connectivity index (χ4n) is 2.10. The van der Waals surface area contributed by atoms with Crippen LogP contribution < -0.4 is 5.32 Å². The van der Waals surface area contributed by atoms with Crippen LogP contribution in [0.5, 0.6) is 0 Å². The van der Waals surface area contributed by atoms with E-state index in [0.717, 1.165) is 24.5 Å². The monoisotopic (exact) mass is 288 g/mol. The molecule has 0 aliphatic heterocycles. The molecule has 106 valence electrons. The van der Waals surface area contributed by atoms with Crippen LogP contribution in [0.3, 0.4) is 0 Å². The number of hydrogen-bond acceptors (Lipinski definition) is 2. The van der Waals surface area contributed by atoms with Gasteiger partial charge in [0, 0.05) is 23.8 Å². The second-order valence-electron chi connectivity index (χ2n) is 5.24. The van der Waals surface area contributed by atoms with Crippen molar-refractivity contribution in [2.75, 3.05) is 26.0 Å². The van der Waals surface area contributed by atoms with Gasteiger partial charge in [-0.05, 0) is 55.9 Å². The molecule has 0 aliphatic rings. The Hall–Kier alpha value is -1.51. The topological polar surface area (TPSA) is 15.3 Å². The molecule has 20 heavy (non-hydrogen) atoms. The van der Waals surface area contributed by atoms with Crippen LogP contribution in [0.2, 0.25) is 5.02 Å². The van der Waals surface area contributed by atoms with Gasteiger partial charge in [-0.1, -0.05) is 35.9 Å². The van der Waals surface area contributed by atoms with E-state index in [1.807, 2.05) is 12.1 Å². The Morgan fingerprint density at radius 1 is 0.900 bits per heavy atom. The Bertz CT molecular complexity index is 518. The molecule has 0 heterocycles. The summed E-state index contributed by atoms with van der Waals surface area (Å²) in [4.78, 5) is 2.17. The minimum atomic E-state index is 0.790. The predicted molar refractivity (Wildman–Crippen MR) is 87.5 cm³/mol. The van der Waals surface area contributed by atoms with Gasteiger partial charge in [0.2, 0.25) is 0 Å². The Labute approximate surface area is 126 Å². The summed E-state index contributed by atoms with van der Waals surface area (Å²) in [6.07, 6.45) is 0.997. The van der Waals surface area contributed by atoms with Crippen LogP contribution in [0.15, 0.2) is 48.5 Å². The maximum absolute atomic E-state index is 5.87. The zero-order valence-corrected chi connectivity index (χ0v) is 12.8. The summed E-state index contributed by atoms with van der Waals surface area (Å²) in [6, 6.07) is 16.6. The third-order valence-corrected chi connectivity index (χ3v) is 3.36. The highest BCUT2D eigenvalue weighted by Gasteiger charge is 1.97. The molecule has 0 bridgehead atoms. The van der Waals surface area contributed by atoms with Gasteiger partial charge in [0.15, 0.2) is 0 Å². The molecule has 0 saturated heterocycles. The first-order valence-electron chi connectivity index (χ1n) is 6.85. The van der Waals surface area contributed by atoms with Gasteiger partial charge in [0.25, 0.3) is 0 Å². The van der Waals surface area contributed by atoms with E-state index >= 15 is 0 Å². The lowest BCUT2D eigenvalue weighted by Gasteiger charge is -2.11. The van der Waals surface area contributed by atoms with E-state index in [-0.39, 0.29) is 0 Å². The average Bonchev–Trinajstić information content (AvgIpc) is 2.42. The maximum atomic E-state index is 5.87. The van der Waals surface area contributed by atoms with Crippen molar-refractivity contribution in [3.8, 4) is 0 Å². The highest BCUT2D eigenvalue weighted by molar-refractivity contribution is 6.30. The number of anilines is 1. The molecule has 0 unspecified atom stereocenters.